The summed E-state index contributed by atoms with van der Waals surface area (Å²) in [6.45, 7) is 2.67. The van der Waals surface area contributed by atoms with E-state index in [0.29, 0.717) is 49.1 Å². The van der Waals surface area contributed by atoms with Gasteiger partial charge in [0.15, 0.2) is 5.82 Å². The van der Waals surface area contributed by atoms with Crippen LogP contribution in [0.15, 0.2) is 54.6 Å². The number of rotatable bonds is 6. The quantitative estimate of drug-likeness (QED) is 0.568. The minimum absolute atomic E-state index is 0.0873. The number of piperazine rings is 1. The first-order valence-corrected chi connectivity index (χ1v) is 10.8. The van der Waals surface area contributed by atoms with Crippen LogP contribution in [0.3, 0.4) is 0 Å². The van der Waals surface area contributed by atoms with E-state index in [1.165, 1.54) is 0 Å². The summed E-state index contributed by atoms with van der Waals surface area (Å²) in [7, 11) is 3.25. The largest absolute Gasteiger partial charge is 0.497 e. The molecule has 1 aliphatic rings. The van der Waals surface area contributed by atoms with Crippen molar-refractivity contribution >= 4 is 23.3 Å². The number of nitrogens with zero attached hydrogens (tertiary/aromatic N) is 4. The van der Waals surface area contributed by atoms with Crippen molar-refractivity contribution in [2.75, 3.05) is 45.3 Å². The summed E-state index contributed by atoms with van der Waals surface area (Å²) in [6.07, 6.45) is 0.316. The van der Waals surface area contributed by atoms with Gasteiger partial charge in [-0.2, -0.15) is 0 Å². The van der Waals surface area contributed by atoms with Crippen molar-refractivity contribution < 1.29 is 14.3 Å². The number of halogens is 1. The van der Waals surface area contributed by atoms with Gasteiger partial charge in [0.1, 0.15) is 11.5 Å². The third kappa shape index (κ3) is 4.78. The Hall–Kier alpha value is -3.32. The number of methoxy groups -OCH3 is 2. The second-order valence-corrected chi connectivity index (χ2v) is 7.89. The van der Waals surface area contributed by atoms with E-state index in [-0.39, 0.29) is 5.91 Å². The molecule has 7 nitrogen and oxygen atoms in total. The van der Waals surface area contributed by atoms with Crippen LogP contribution in [0.25, 0.3) is 11.3 Å². The molecule has 0 radical (unpaired) electrons. The van der Waals surface area contributed by atoms with Crippen molar-refractivity contribution in [1.29, 1.82) is 0 Å². The van der Waals surface area contributed by atoms with Gasteiger partial charge in [-0.05, 0) is 42.0 Å². The number of carbonyl (C=O) groups excluding carboxylic acids is 1. The van der Waals surface area contributed by atoms with E-state index in [9.17, 15) is 4.79 Å². The highest BCUT2D eigenvalue weighted by Gasteiger charge is 2.23. The van der Waals surface area contributed by atoms with Crippen LogP contribution in [-0.4, -0.2) is 61.4 Å². The van der Waals surface area contributed by atoms with Gasteiger partial charge in [0.05, 0.1) is 26.3 Å². The molecule has 0 aliphatic carbocycles. The Labute approximate surface area is 192 Å². The molecule has 8 heteroatoms. The molecule has 2 aromatic carbocycles. The van der Waals surface area contributed by atoms with Crippen LogP contribution in [-0.2, 0) is 11.2 Å². The van der Waals surface area contributed by atoms with Crippen LogP contribution in [0.5, 0.6) is 11.5 Å². The predicted molar refractivity (Wildman–Crippen MR) is 125 cm³/mol. The number of ether oxygens (including phenoxy) is 2. The number of hydrogen-bond donors (Lipinski definition) is 0. The molecule has 4 rings (SSSR count). The van der Waals surface area contributed by atoms with E-state index in [2.05, 4.69) is 15.1 Å². The molecular formula is C24H25ClN4O3. The van der Waals surface area contributed by atoms with Crippen LogP contribution in [0.1, 0.15) is 5.56 Å². The Bertz CT molecular complexity index is 1080. The lowest BCUT2D eigenvalue weighted by Gasteiger charge is -2.35. The first-order valence-electron chi connectivity index (χ1n) is 10.4. The summed E-state index contributed by atoms with van der Waals surface area (Å²) in [5, 5.41) is 9.45. The standard InChI is InChI=1S/C24H25ClN4O3/c1-31-18-7-9-22(32-2)19(16-18)21-8-10-23(27-26-21)28-11-13-29(14-12-28)24(30)15-17-5-3-4-6-20(17)25/h3-10,16H,11-15H2,1-2H3. The Balaban J connectivity index is 1.39. The average Bonchev–Trinajstić information content (AvgIpc) is 2.85. The number of anilines is 1. The summed E-state index contributed by atoms with van der Waals surface area (Å²) in [4.78, 5) is 16.7. The highest BCUT2D eigenvalue weighted by atomic mass is 35.5. The molecule has 0 spiro atoms. The molecule has 1 aromatic heterocycles. The Morgan fingerprint density at radius 1 is 0.969 bits per heavy atom. The maximum Gasteiger partial charge on any atom is 0.227 e. The minimum Gasteiger partial charge on any atom is -0.497 e. The summed E-state index contributed by atoms with van der Waals surface area (Å²) in [5.41, 5.74) is 2.38. The first kappa shape index (κ1) is 21.9. The van der Waals surface area contributed by atoms with Crippen LogP contribution in [0.2, 0.25) is 5.02 Å². The molecule has 0 saturated carbocycles. The van der Waals surface area contributed by atoms with E-state index < -0.39 is 0 Å². The minimum atomic E-state index is 0.0873. The molecule has 3 aromatic rings. The van der Waals surface area contributed by atoms with Gasteiger partial charge in [-0.25, -0.2) is 0 Å². The first-order chi connectivity index (χ1) is 15.6. The lowest BCUT2D eigenvalue weighted by Crippen LogP contribution is -2.49. The highest BCUT2D eigenvalue weighted by molar-refractivity contribution is 6.31. The molecule has 166 valence electrons. The SMILES string of the molecule is COc1ccc(OC)c(-c2ccc(N3CCN(C(=O)Cc4ccccc4Cl)CC3)nn2)c1. The van der Waals surface area contributed by atoms with E-state index in [1.54, 1.807) is 14.2 Å². The molecule has 0 unspecified atom stereocenters. The van der Waals surface area contributed by atoms with Gasteiger partial charge in [0, 0.05) is 36.8 Å². The zero-order valence-corrected chi connectivity index (χ0v) is 18.9. The summed E-state index contributed by atoms with van der Waals surface area (Å²) < 4.78 is 10.8. The van der Waals surface area contributed by atoms with Crippen LogP contribution in [0, 0.1) is 0 Å². The molecule has 2 heterocycles. The van der Waals surface area contributed by atoms with Crippen molar-refractivity contribution in [3.8, 4) is 22.8 Å². The Morgan fingerprint density at radius 3 is 2.41 bits per heavy atom. The Kier molecular flexibility index (Phi) is 6.75. The van der Waals surface area contributed by atoms with Gasteiger partial charge in [-0.3, -0.25) is 4.79 Å². The van der Waals surface area contributed by atoms with Crippen LogP contribution >= 0.6 is 11.6 Å². The molecule has 1 saturated heterocycles. The van der Waals surface area contributed by atoms with Gasteiger partial charge in [-0.15, -0.1) is 10.2 Å². The highest BCUT2D eigenvalue weighted by Crippen LogP contribution is 2.32. The molecule has 1 fully saturated rings. The number of hydrogen-bond acceptors (Lipinski definition) is 6. The predicted octanol–water partition coefficient (Wildman–Crippen LogP) is 3.71. The zero-order chi connectivity index (χ0) is 22.5. The fraction of sp³-hybridized carbons (Fsp3) is 0.292. The van der Waals surface area contributed by atoms with Crippen molar-refractivity contribution in [2.24, 2.45) is 0 Å². The lowest BCUT2D eigenvalue weighted by molar-refractivity contribution is -0.130. The van der Waals surface area contributed by atoms with Gasteiger partial charge in [-0.1, -0.05) is 29.8 Å². The molecule has 0 atom stereocenters. The summed E-state index contributed by atoms with van der Waals surface area (Å²) >= 11 is 6.19. The maximum absolute atomic E-state index is 12.7. The van der Waals surface area contributed by atoms with Crippen LogP contribution < -0.4 is 14.4 Å². The number of aromatic nitrogens is 2. The third-order valence-electron chi connectivity index (χ3n) is 5.59. The second-order valence-electron chi connectivity index (χ2n) is 7.48. The van der Waals surface area contributed by atoms with Crippen molar-refractivity contribution in [3.63, 3.8) is 0 Å². The zero-order valence-electron chi connectivity index (χ0n) is 18.1. The van der Waals surface area contributed by atoms with Crippen molar-refractivity contribution in [3.05, 3.63) is 65.2 Å². The van der Waals surface area contributed by atoms with Gasteiger partial charge in [0.2, 0.25) is 5.91 Å². The summed E-state index contributed by atoms with van der Waals surface area (Å²) in [6, 6.07) is 16.9. The van der Waals surface area contributed by atoms with Gasteiger partial charge >= 0.3 is 0 Å². The van der Waals surface area contributed by atoms with Gasteiger partial charge < -0.3 is 19.3 Å². The van der Waals surface area contributed by atoms with Crippen molar-refractivity contribution in [2.45, 2.75) is 6.42 Å². The smallest absolute Gasteiger partial charge is 0.227 e. The molecule has 1 aliphatic heterocycles. The van der Waals surface area contributed by atoms with Crippen molar-refractivity contribution in [1.82, 2.24) is 15.1 Å². The summed E-state index contributed by atoms with van der Waals surface area (Å²) in [5.74, 6) is 2.31. The van der Waals surface area contributed by atoms with E-state index >= 15 is 0 Å². The monoisotopic (exact) mass is 452 g/mol. The normalized spacial score (nSPS) is 13.7. The topological polar surface area (TPSA) is 67.8 Å². The van der Waals surface area contributed by atoms with Crippen LogP contribution in [0.4, 0.5) is 5.82 Å². The number of amides is 1. The Morgan fingerprint density at radius 2 is 1.75 bits per heavy atom. The molecule has 32 heavy (non-hydrogen) atoms. The van der Waals surface area contributed by atoms with E-state index in [0.717, 1.165) is 22.7 Å². The molecule has 0 bridgehead atoms. The second kappa shape index (κ2) is 9.87. The molecule has 1 amide bonds. The van der Waals surface area contributed by atoms with E-state index in [1.807, 2.05) is 59.5 Å². The fourth-order valence-corrected chi connectivity index (χ4v) is 3.96. The third-order valence-corrected chi connectivity index (χ3v) is 5.96. The average molecular weight is 453 g/mol. The number of benzene rings is 2. The lowest BCUT2D eigenvalue weighted by atomic mass is 10.1. The maximum atomic E-state index is 12.7. The molecule has 0 N–H and O–H groups in total. The number of carbonyl (C=O) groups is 1. The van der Waals surface area contributed by atoms with E-state index in [4.69, 9.17) is 21.1 Å². The van der Waals surface area contributed by atoms with Gasteiger partial charge in [0.25, 0.3) is 0 Å². The molecular weight excluding hydrogens is 428 g/mol. The fourth-order valence-electron chi connectivity index (χ4n) is 3.75.